The van der Waals surface area contributed by atoms with Crippen molar-refractivity contribution in [1.82, 2.24) is 10.2 Å². The summed E-state index contributed by atoms with van der Waals surface area (Å²) in [6.07, 6.45) is 1.98. The van der Waals surface area contributed by atoms with E-state index in [1.165, 1.54) is 0 Å². The second kappa shape index (κ2) is 6.06. The van der Waals surface area contributed by atoms with Crippen LogP contribution in [0.1, 0.15) is 38.3 Å². The summed E-state index contributed by atoms with van der Waals surface area (Å²) in [5, 5.41) is 12.8. The molecule has 2 rings (SSSR count). The topological polar surface area (TPSA) is 52.6 Å². The largest absolute Gasteiger partial charge is 0.508 e. The fraction of sp³-hybridized carbons (Fsp3) is 0.533. The van der Waals surface area contributed by atoms with Gasteiger partial charge in [0.05, 0.1) is 12.1 Å². The lowest BCUT2D eigenvalue weighted by molar-refractivity contribution is -0.135. The maximum absolute atomic E-state index is 12.5. The minimum absolute atomic E-state index is 0.0213. The zero-order chi connectivity index (χ0) is 13.8. The first kappa shape index (κ1) is 13.9. The number of hydrogen-bond donors (Lipinski definition) is 2. The Kier molecular flexibility index (Phi) is 4.43. The lowest BCUT2D eigenvalue weighted by Crippen LogP contribution is -2.44. The molecule has 1 saturated heterocycles. The Hall–Kier alpha value is -1.55. The molecular formula is C15H22N2O2. The van der Waals surface area contributed by atoms with E-state index in [1.807, 2.05) is 30.9 Å². The van der Waals surface area contributed by atoms with Crippen LogP contribution in [-0.4, -0.2) is 35.0 Å². The Morgan fingerprint density at radius 2 is 2.37 bits per heavy atom. The Morgan fingerprint density at radius 1 is 1.58 bits per heavy atom. The highest BCUT2D eigenvalue weighted by Gasteiger charge is 2.29. The third kappa shape index (κ3) is 3.07. The number of hydrogen-bond acceptors (Lipinski definition) is 3. The first-order valence-corrected chi connectivity index (χ1v) is 6.96. The third-order valence-corrected chi connectivity index (χ3v) is 3.80. The molecule has 1 aliphatic heterocycles. The van der Waals surface area contributed by atoms with Gasteiger partial charge in [0.15, 0.2) is 0 Å². The molecule has 1 fully saturated rings. The van der Waals surface area contributed by atoms with E-state index in [1.54, 1.807) is 12.1 Å². The smallest absolute Gasteiger partial charge is 0.240 e. The molecule has 2 N–H and O–H groups in total. The highest BCUT2D eigenvalue weighted by atomic mass is 16.3. The SMILES string of the molecule is CCN(C(=O)C1CCCN1)C(C)c1cccc(O)c1. The number of carbonyl (C=O) groups is 1. The van der Waals surface area contributed by atoms with Gasteiger partial charge in [-0.2, -0.15) is 0 Å². The second-order valence-electron chi connectivity index (χ2n) is 5.04. The van der Waals surface area contributed by atoms with E-state index in [9.17, 15) is 9.90 Å². The Morgan fingerprint density at radius 3 is 2.95 bits per heavy atom. The number of nitrogens with zero attached hydrogens (tertiary/aromatic N) is 1. The molecule has 0 radical (unpaired) electrons. The van der Waals surface area contributed by atoms with Gasteiger partial charge in [0.25, 0.3) is 0 Å². The average Bonchev–Trinajstić information content (AvgIpc) is 2.93. The van der Waals surface area contributed by atoms with Gasteiger partial charge in [-0.05, 0) is 50.9 Å². The van der Waals surface area contributed by atoms with E-state index >= 15 is 0 Å². The fourth-order valence-corrected chi connectivity index (χ4v) is 2.68. The molecule has 1 amide bonds. The molecule has 1 aromatic rings. The van der Waals surface area contributed by atoms with Crippen LogP contribution in [0.15, 0.2) is 24.3 Å². The Bertz CT molecular complexity index is 442. The van der Waals surface area contributed by atoms with E-state index in [4.69, 9.17) is 0 Å². The molecule has 0 bridgehead atoms. The van der Waals surface area contributed by atoms with Crippen LogP contribution in [0.3, 0.4) is 0 Å². The number of aromatic hydroxyl groups is 1. The Balaban J connectivity index is 2.14. The summed E-state index contributed by atoms with van der Waals surface area (Å²) in [5.74, 6) is 0.405. The molecule has 1 aliphatic rings. The van der Waals surface area contributed by atoms with Gasteiger partial charge in [-0.3, -0.25) is 4.79 Å². The minimum atomic E-state index is -0.0419. The van der Waals surface area contributed by atoms with Crippen LogP contribution in [0.4, 0.5) is 0 Å². The van der Waals surface area contributed by atoms with Crippen molar-refractivity contribution < 1.29 is 9.90 Å². The minimum Gasteiger partial charge on any atom is -0.508 e. The monoisotopic (exact) mass is 262 g/mol. The van der Waals surface area contributed by atoms with Crippen LogP contribution in [0.5, 0.6) is 5.75 Å². The van der Waals surface area contributed by atoms with Gasteiger partial charge in [0.1, 0.15) is 5.75 Å². The summed E-state index contributed by atoms with van der Waals surface area (Å²) in [5.41, 5.74) is 0.966. The van der Waals surface area contributed by atoms with Crippen LogP contribution in [0, 0.1) is 0 Å². The number of nitrogens with one attached hydrogen (secondary N) is 1. The Labute approximate surface area is 114 Å². The van der Waals surface area contributed by atoms with E-state index < -0.39 is 0 Å². The number of benzene rings is 1. The summed E-state index contributed by atoms with van der Waals surface area (Å²) < 4.78 is 0. The molecule has 0 aromatic heterocycles. The van der Waals surface area contributed by atoms with Crippen LogP contribution in [-0.2, 0) is 4.79 Å². The van der Waals surface area contributed by atoms with Gasteiger partial charge in [-0.15, -0.1) is 0 Å². The van der Waals surface area contributed by atoms with Crippen molar-refractivity contribution in [2.24, 2.45) is 0 Å². The molecule has 104 valence electrons. The predicted molar refractivity (Wildman–Crippen MR) is 74.9 cm³/mol. The number of rotatable bonds is 4. The van der Waals surface area contributed by atoms with Gasteiger partial charge >= 0.3 is 0 Å². The molecule has 0 spiro atoms. The van der Waals surface area contributed by atoms with Crippen molar-refractivity contribution in [3.05, 3.63) is 29.8 Å². The second-order valence-corrected chi connectivity index (χ2v) is 5.04. The lowest BCUT2D eigenvalue weighted by atomic mass is 10.0. The van der Waals surface area contributed by atoms with Gasteiger partial charge < -0.3 is 15.3 Å². The zero-order valence-electron chi connectivity index (χ0n) is 11.6. The maximum Gasteiger partial charge on any atom is 0.240 e. The average molecular weight is 262 g/mol. The highest BCUT2D eigenvalue weighted by Crippen LogP contribution is 2.24. The fourth-order valence-electron chi connectivity index (χ4n) is 2.68. The van der Waals surface area contributed by atoms with Crippen LogP contribution >= 0.6 is 0 Å². The summed E-state index contributed by atoms with van der Waals surface area (Å²) in [6, 6.07) is 7.07. The van der Waals surface area contributed by atoms with Crippen LogP contribution in [0.2, 0.25) is 0 Å². The molecule has 4 nitrogen and oxygen atoms in total. The molecule has 1 heterocycles. The number of likely N-dealkylation sites (N-methyl/N-ethyl adjacent to an activating group) is 1. The van der Waals surface area contributed by atoms with Crippen LogP contribution < -0.4 is 5.32 Å². The van der Waals surface area contributed by atoms with E-state index in [0.717, 1.165) is 24.9 Å². The molecule has 0 saturated carbocycles. The standard InChI is InChI=1S/C15H22N2O2/c1-3-17(15(19)14-8-5-9-16-14)11(2)12-6-4-7-13(18)10-12/h4,6-7,10-11,14,16,18H,3,5,8-9H2,1-2H3. The van der Waals surface area contributed by atoms with Gasteiger partial charge in [-0.1, -0.05) is 12.1 Å². The van der Waals surface area contributed by atoms with E-state index in [2.05, 4.69) is 5.32 Å². The zero-order valence-corrected chi connectivity index (χ0v) is 11.6. The van der Waals surface area contributed by atoms with Crippen molar-refractivity contribution in [3.63, 3.8) is 0 Å². The number of phenols is 1. The van der Waals surface area contributed by atoms with E-state index in [-0.39, 0.29) is 23.7 Å². The van der Waals surface area contributed by atoms with Gasteiger partial charge in [0, 0.05) is 6.54 Å². The number of amides is 1. The first-order valence-electron chi connectivity index (χ1n) is 6.96. The summed E-state index contributed by atoms with van der Waals surface area (Å²) in [4.78, 5) is 14.3. The highest BCUT2D eigenvalue weighted by molar-refractivity contribution is 5.82. The molecule has 2 unspecified atom stereocenters. The first-order chi connectivity index (χ1) is 9.13. The predicted octanol–water partition coefficient (Wildman–Crippen LogP) is 2.05. The maximum atomic E-state index is 12.5. The summed E-state index contributed by atoms with van der Waals surface area (Å²) in [6.45, 7) is 5.60. The quantitative estimate of drug-likeness (QED) is 0.873. The molecule has 4 heteroatoms. The third-order valence-electron chi connectivity index (χ3n) is 3.80. The summed E-state index contributed by atoms with van der Waals surface area (Å²) in [7, 11) is 0. The van der Waals surface area contributed by atoms with Gasteiger partial charge in [-0.25, -0.2) is 0 Å². The number of phenolic OH excluding ortho intramolecular Hbond substituents is 1. The van der Waals surface area contributed by atoms with Crippen molar-refractivity contribution in [2.45, 2.75) is 38.8 Å². The van der Waals surface area contributed by atoms with E-state index in [0.29, 0.717) is 6.54 Å². The van der Waals surface area contributed by atoms with Crippen LogP contribution in [0.25, 0.3) is 0 Å². The number of carbonyl (C=O) groups excluding carboxylic acids is 1. The molecular weight excluding hydrogens is 240 g/mol. The normalized spacial score (nSPS) is 20.2. The van der Waals surface area contributed by atoms with Crippen molar-refractivity contribution >= 4 is 5.91 Å². The summed E-state index contributed by atoms with van der Waals surface area (Å²) >= 11 is 0. The molecule has 2 atom stereocenters. The molecule has 0 aliphatic carbocycles. The lowest BCUT2D eigenvalue weighted by Gasteiger charge is -2.30. The van der Waals surface area contributed by atoms with Crippen molar-refractivity contribution in [3.8, 4) is 5.75 Å². The van der Waals surface area contributed by atoms with Crippen molar-refractivity contribution in [2.75, 3.05) is 13.1 Å². The molecule has 19 heavy (non-hydrogen) atoms. The van der Waals surface area contributed by atoms with Gasteiger partial charge in [0.2, 0.25) is 5.91 Å². The molecule has 1 aromatic carbocycles. The van der Waals surface area contributed by atoms with Crippen molar-refractivity contribution in [1.29, 1.82) is 0 Å².